The Labute approximate surface area is 236 Å². The van der Waals surface area contributed by atoms with Crippen LogP contribution in [0.2, 0.25) is 3.98 Å². The second kappa shape index (κ2) is 10.7. The van der Waals surface area contributed by atoms with Gasteiger partial charge in [-0.05, 0) is 37.1 Å². The van der Waals surface area contributed by atoms with Gasteiger partial charge in [-0.2, -0.15) is 0 Å². The summed E-state index contributed by atoms with van der Waals surface area (Å²) in [7, 11) is 0. The van der Waals surface area contributed by atoms with Crippen molar-refractivity contribution >= 4 is 49.1 Å². The molecule has 4 heterocycles. The number of carbonyl (C=O) groups is 2. The zero-order chi connectivity index (χ0) is 26.1. The molecule has 2 aliphatic rings. The number of likely N-dealkylation sites (tertiary alicyclic amines) is 2. The number of nitrogens with one attached hydrogen (secondary N) is 1. The first-order chi connectivity index (χ1) is 18.6. The molecule has 1 N–H and O–H groups in total. The van der Waals surface area contributed by atoms with Crippen molar-refractivity contribution in [1.29, 1.82) is 0 Å². The van der Waals surface area contributed by atoms with Gasteiger partial charge in [0.2, 0.25) is 12.3 Å². The number of hydrogen-bond donors (Lipinski definition) is 1. The number of nitrogens with zero attached hydrogens (tertiary/aromatic N) is 4. The van der Waals surface area contributed by atoms with Gasteiger partial charge in [-0.3, -0.25) is 4.79 Å². The van der Waals surface area contributed by atoms with E-state index in [2.05, 4.69) is 21.8 Å². The summed E-state index contributed by atoms with van der Waals surface area (Å²) in [6.45, 7) is 1.56. The molecular formula is C29H26N5O3Pb. The minimum atomic E-state index is -0.0767. The van der Waals surface area contributed by atoms with Gasteiger partial charge >= 0.3 is 139 Å². The predicted octanol–water partition coefficient (Wildman–Crippen LogP) is 4.16. The van der Waals surface area contributed by atoms with E-state index >= 15 is 0 Å². The van der Waals surface area contributed by atoms with Crippen molar-refractivity contribution < 1.29 is 14.0 Å². The number of oxazole rings is 1. The third-order valence-corrected chi connectivity index (χ3v) is 8.47. The SMILES string of the molecule is O=CN1CCCC1c1ncc(-c2ccc(C#Cc3ccc4nc(C5CCCN5C(=O)[CH2][Pb])[nH]c4c3)cc2)o1. The normalized spacial score (nSPS) is 19.1. The summed E-state index contributed by atoms with van der Waals surface area (Å²) in [6.07, 6.45) is 6.39. The van der Waals surface area contributed by atoms with Gasteiger partial charge in [0.05, 0.1) is 6.20 Å². The van der Waals surface area contributed by atoms with Crippen molar-refractivity contribution in [2.45, 2.75) is 41.7 Å². The van der Waals surface area contributed by atoms with Crippen LogP contribution in [0.25, 0.3) is 22.4 Å². The van der Waals surface area contributed by atoms with Crippen LogP contribution in [0.5, 0.6) is 0 Å². The van der Waals surface area contributed by atoms with Crippen molar-refractivity contribution in [2.75, 3.05) is 13.1 Å². The number of amides is 2. The van der Waals surface area contributed by atoms with Crippen LogP contribution >= 0.6 is 0 Å². The van der Waals surface area contributed by atoms with Gasteiger partial charge in [-0.1, -0.05) is 0 Å². The number of imidazole rings is 1. The summed E-state index contributed by atoms with van der Waals surface area (Å²) in [4.78, 5) is 40.0. The van der Waals surface area contributed by atoms with Gasteiger partial charge in [0.1, 0.15) is 6.04 Å². The van der Waals surface area contributed by atoms with Crippen LogP contribution < -0.4 is 0 Å². The van der Waals surface area contributed by atoms with Crippen molar-refractivity contribution in [2.24, 2.45) is 0 Å². The van der Waals surface area contributed by atoms with Gasteiger partial charge in [0.15, 0.2) is 5.76 Å². The molecule has 0 bridgehead atoms. The first-order valence-corrected chi connectivity index (χ1v) is 15.6. The first kappa shape index (κ1) is 24.9. The standard InChI is InChI=1S/C29H26N5O3.Pb/c1-19(36)34-15-3-4-25(34)28-31-23-13-10-21(16-24(23)32-28)7-6-20-8-11-22(12-9-20)27-17-30-29(37-27)26-5-2-14-33(26)18-35;/h8-13,16-18,25-26H,1-5,14-15H2,(H,31,32);. The number of aromatic nitrogens is 3. The number of aromatic amines is 1. The summed E-state index contributed by atoms with van der Waals surface area (Å²) in [5.74, 6) is 8.85. The second-order valence-electron chi connectivity index (χ2n) is 9.67. The van der Waals surface area contributed by atoms with Crippen LogP contribution in [0, 0.1) is 11.8 Å². The first-order valence-electron chi connectivity index (χ1n) is 12.9. The van der Waals surface area contributed by atoms with E-state index in [0.29, 0.717) is 15.6 Å². The van der Waals surface area contributed by atoms with Crippen molar-refractivity contribution in [3.05, 3.63) is 71.5 Å². The van der Waals surface area contributed by atoms with Crippen LogP contribution in [0.3, 0.4) is 0 Å². The van der Waals surface area contributed by atoms with Gasteiger partial charge in [0, 0.05) is 12.1 Å². The molecule has 2 aliphatic heterocycles. The Morgan fingerprint density at radius 1 is 1.08 bits per heavy atom. The summed E-state index contributed by atoms with van der Waals surface area (Å²) in [5.41, 5.74) is 4.53. The Morgan fingerprint density at radius 3 is 2.66 bits per heavy atom. The fourth-order valence-corrected chi connectivity index (χ4v) is 6.12. The monoisotopic (exact) mass is 700 g/mol. The molecule has 2 unspecified atom stereocenters. The third kappa shape index (κ3) is 4.87. The quantitative estimate of drug-likeness (QED) is 0.192. The molecule has 2 fully saturated rings. The minimum Gasteiger partial charge on any atom is -0.438 e. The number of carbonyl (C=O) groups excluding carboxylic acids is 2. The van der Waals surface area contributed by atoms with E-state index in [0.717, 1.165) is 104 Å². The zero-order valence-electron chi connectivity index (χ0n) is 20.8. The average Bonchev–Trinajstić information content (AvgIpc) is 3.76. The molecule has 6 rings (SSSR count). The van der Waals surface area contributed by atoms with Gasteiger partial charge in [0.25, 0.3) is 0 Å². The fraction of sp³-hybridized carbons (Fsp3) is 0.310. The summed E-state index contributed by atoms with van der Waals surface area (Å²) in [5, 5.41) is 0. The summed E-state index contributed by atoms with van der Waals surface area (Å²) < 4.78 is 6.63. The predicted molar refractivity (Wildman–Crippen MR) is 143 cm³/mol. The Kier molecular flexibility index (Phi) is 7.02. The molecule has 0 aliphatic carbocycles. The molecule has 4 aromatic rings. The van der Waals surface area contributed by atoms with Crippen LogP contribution in [-0.4, -0.2) is 75.9 Å². The molecule has 2 aromatic heterocycles. The van der Waals surface area contributed by atoms with Crippen LogP contribution in [-0.2, 0) is 9.59 Å². The number of hydrogen-bond acceptors (Lipinski definition) is 5. The fourth-order valence-electron chi connectivity index (χ4n) is 5.33. The van der Waals surface area contributed by atoms with E-state index in [1.807, 2.05) is 47.4 Å². The van der Waals surface area contributed by atoms with Gasteiger partial charge < -0.3 is 9.32 Å². The molecule has 2 saturated heterocycles. The minimum absolute atomic E-state index is 0.0412. The van der Waals surface area contributed by atoms with E-state index in [1.165, 1.54) is 0 Å². The van der Waals surface area contributed by atoms with E-state index in [-0.39, 0.29) is 18.0 Å². The van der Waals surface area contributed by atoms with Gasteiger partial charge in [-0.25, -0.2) is 4.98 Å². The molecule has 9 heteroatoms. The molecule has 0 spiro atoms. The summed E-state index contributed by atoms with van der Waals surface area (Å²) >= 11 is 0.880. The smallest absolute Gasteiger partial charge is 0.0458 e. The number of benzene rings is 2. The van der Waals surface area contributed by atoms with Crippen LogP contribution in [0.4, 0.5) is 0 Å². The molecule has 2 atom stereocenters. The Hall–Kier alpha value is -3.46. The maximum atomic E-state index is 12.3. The molecular weight excluding hydrogens is 674 g/mol. The van der Waals surface area contributed by atoms with Crippen LogP contribution in [0.15, 0.2) is 53.1 Å². The van der Waals surface area contributed by atoms with E-state index in [1.54, 1.807) is 11.1 Å². The van der Waals surface area contributed by atoms with E-state index < -0.39 is 0 Å². The average molecular weight is 700 g/mol. The van der Waals surface area contributed by atoms with E-state index in [4.69, 9.17) is 9.40 Å². The largest absolute Gasteiger partial charge is 0.438 e. The van der Waals surface area contributed by atoms with Crippen LogP contribution in [0.1, 0.15) is 60.6 Å². The van der Waals surface area contributed by atoms with Crippen molar-refractivity contribution in [3.63, 3.8) is 0 Å². The number of fused-ring (bicyclic) bond motifs is 1. The number of H-pyrrole nitrogens is 1. The molecule has 2 aromatic carbocycles. The van der Waals surface area contributed by atoms with Crippen molar-refractivity contribution in [1.82, 2.24) is 24.8 Å². The topological polar surface area (TPSA) is 95.3 Å². The molecule has 8 nitrogen and oxygen atoms in total. The third-order valence-electron chi connectivity index (χ3n) is 7.30. The second-order valence-corrected chi connectivity index (χ2v) is 11.0. The Bertz CT molecular complexity index is 1550. The maximum absolute atomic E-state index is 12.3. The molecule has 38 heavy (non-hydrogen) atoms. The summed E-state index contributed by atoms with van der Waals surface area (Å²) in [6, 6.07) is 13.8. The molecule has 2 amide bonds. The van der Waals surface area contributed by atoms with Gasteiger partial charge in [-0.15, -0.1) is 0 Å². The molecule has 189 valence electrons. The zero-order valence-corrected chi connectivity index (χ0v) is 24.7. The van der Waals surface area contributed by atoms with E-state index in [9.17, 15) is 9.59 Å². The Balaban J connectivity index is 1.17. The molecule has 0 saturated carbocycles. The Morgan fingerprint density at radius 2 is 1.84 bits per heavy atom. The number of rotatable bonds is 5. The molecule has 3 radical (unpaired) electrons. The maximum Gasteiger partial charge on any atom is -0.0458 e. The van der Waals surface area contributed by atoms with Crippen molar-refractivity contribution in [3.8, 4) is 23.2 Å².